The maximum Gasteiger partial charge on any atom is 0.304 e. The maximum atomic E-state index is 10.9. The van der Waals surface area contributed by atoms with E-state index in [4.69, 9.17) is 0 Å². The van der Waals surface area contributed by atoms with Crippen LogP contribution >= 0.6 is 11.3 Å². The number of hydrogen-bond donors (Lipinski definition) is 1. The molecule has 0 aromatic carbocycles. The summed E-state index contributed by atoms with van der Waals surface area (Å²) >= 11 is 1.32. The molecular formula is C9H15NOS. The molecule has 0 aliphatic carbocycles. The number of thiazole rings is 1. The lowest BCUT2D eigenvalue weighted by Crippen LogP contribution is -1.95. The van der Waals surface area contributed by atoms with E-state index in [1.807, 2.05) is 6.92 Å². The Balaban J connectivity index is 2.51. The van der Waals surface area contributed by atoms with E-state index in [0.29, 0.717) is 0 Å². The van der Waals surface area contributed by atoms with Crippen molar-refractivity contribution in [2.75, 3.05) is 0 Å². The second kappa shape index (κ2) is 4.45. The molecule has 0 unspecified atom stereocenters. The van der Waals surface area contributed by atoms with Gasteiger partial charge in [-0.2, -0.15) is 0 Å². The van der Waals surface area contributed by atoms with E-state index in [0.717, 1.165) is 17.0 Å². The van der Waals surface area contributed by atoms with Crippen molar-refractivity contribution >= 4 is 11.3 Å². The van der Waals surface area contributed by atoms with Crippen molar-refractivity contribution < 1.29 is 0 Å². The molecule has 0 amide bonds. The van der Waals surface area contributed by atoms with E-state index in [9.17, 15) is 4.79 Å². The number of H-pyrrole nitrogens is 1. The average molecular weight is 185 g/mol. The molecule has 1 aromatic rings. The molecule has 3 heteroatoms. The van der Waals surface area contributed by atoms with E-state index in [1.165, 1.54) is 30.6 Å². The van der Waals surface area contributed by atoms with Gasteiger partial charge in [-0.3, -0.25) is 4.79 Å². The first-order valence-corrected chi connectivity index (χ1v) is 5.24. The molecule has 0 radical (unpaired) electrons. The third-order valence-corrected chi connectivity index (χ3v) is 2.79. The van der Waals surface area contributed by atoms with Crippen molar-refractivity contribution in [1.29, 1.82) is 0 Å². The highest BCUT2D eigenvalue weighted by Gasteiger charge is 2.01. The zero-order valence-electron chi connectivity index (χ0n) is 7.64. The number of aromatic nitrogens is 1. The van der Waals surface area contributed by atoms with Crippen molar-refractivity contribution in [3.8, 4) is 0 Å². The van der Waals surface area contributed by atoms with Gasteiger partial charge in [0.05, 0.1) is 0 Å². The first kappa shape index (κ1) is 9.52. The normalized spacial score (nSPS) is 10.5. The van der Waals surface area contributed by atoms with Crippen LogP contribution in [-0.2, 0) is 6.42 Å². The summed E-state index contributed by atoms with van der Waals surface area (Å²) in [5.41, 5.74) is 1.14. The lowest BCUT2D eigenvalue weighted by Gasteiger charge is -1.96. The van der Waals surface area contributed by atoms with E-state index in [2.05, 4.69) is 11.9 Å². The molecular weight excluding hydrogens is 170 g/mol. The highest BCUT2D eigenvalue weighted by molar-refractivity contribution is 7.09. The molecule has 0 saturated carbocycles. The zero-order valence-corrected chi connectivity index (χ0v) is 8.46. The SMILES string of the molecule is CCCCCc1[nH]c(=O)sc1C. The minimum absolute atomic E-state index is 0.0824. The molecule has 0 fully saturated rings. The van der Waals surface area contributed by atoms with Gasteiger partial charge in [0, 0.05) is 10.6 Å². The number of hydrogen-bond acceptors (Lipinski definition) is 2. The van der Waals surface area contributed by atoms with Gasteiger partial charge in [-0.15, -0.1) is 0 Å². The highest BCUT2D eigenvalue weighted by Crippen LogP contribution is 2.10. The third-order valence-electron chi connectivity index (χ3n) is 1.95. The van der Waals surface area contributed by atoms with Gasteiger partial charge < -0.3 is 4.98 Å². The summed E-state index contributed by atoms with van der Waals surface area (Å²) in [6.45, 7) is 4.19. The fourth-order valence-corrected chi connectivity index (χ4v) is 1.96. The van der Waals surface area contributed by atoms with Crippen LogP contribution in [-0.4, -0.2) is 4.98 Å². The lowest BCUT2D eigenvalue weighted by molar-refractivity contribution is 0.707. The van der Waals surface area contributed by atoms with Crippen molar-refractivity contribution in [2.24, 2.45) is 0 Å². The van der Waals surface area contributed by atoms with Crippen LogP contribution in [0.3, 0.4) is 0 Å². The first-order valence-electron chi connectivity index (χ1n) is 4.42. The summed E-state index contributed by atoms with van der Waals surface area (Å²) in [6, 6.07) is 0. The fraction of sp³-hybridized carbons (Fsp3) is 0.667. The minimum Gasteiger partial charge on any atom is -0.316 e. The van der Waals surface area contributed by atoms with Gasteiger partial charge in [-0.25, -0.2) is 0 Å². The van der Waals surface area contributed by atoms with Gasteiger partial charge in [-0.05, 0) is 19.8 Å². The maximum absolute atomic E-state index is 10.9. The summed E-state index contributed by atoms with van der Waals surface area (Å²) < 4.78 is 0. The van der Waals surface area contributed by atoms with Crippen LogP contribution < -0.4 is 4.87 Å². The first-order chi connectivity index (χ1) is 5.74. The zero-order chi connectivity index (χ0) is 8.97. The largest absolute Gasteiger partial charge is 0.316 e. The molecule has 2 nitrogen and oxygen atoms in total. The average Bonchev–Trinajstić information content (AvgIpc) is 2.31. The summed E-state index contributed by atoms with van der Waals surface area (Å²) in [4.78, 5) is 15.0. The Morgan fingerprint density at radius 2 is 2.17 bits per heavy atom. The number of aromatic amines is 1. The molecule has 1 N–H and O–H groups in total. The quantitative estimate of drug-likeness (QED) is 0.718. The van der Waals surface area contributed by atoms with Crippen LogP contribution in [0.15, 0.2) is 4.79 Å². The smallest absolute Gasteiger partial charge is 0.304 e. The predicted octanol–water partition coefficient (Wildman–Crippen LogP) is 2.48. The van der Waals surface area contributed by atoms with E-state index in [-0.39, 0.29) is 4.87 Å². The van der Waals surface area contributed by atoms with Crippen LogP contribution in [0.2, 0.25) is 0 Å². The summed E-state index contributed by atoms with van der Waals surface area (Å²) in [6.07, 6.45) is 4.69. The lowest BCUT2D eigenvalue weighted by atomic mass is 10.1. The topological polar surface area (TPSA) is 32.9 Å². The highest BCUT2D eigenvalue weighted by atomic mass is 32.1. The Morgan fingerprint density at radius 3 is 2.67 bits per heavy atom. The molecule has 0 atom stereocenters. The van der Waals surface area contributed by atoms with Crippen molar-refractivity contribution in [3.63, 3.8) is 0 Å². The third kappa shape index (κ3) is 2.48. The van der Waals surface area contributed by atoms with E-state index >= 15 is 0 Å². The standard InChI is InChI=1S/C9H15NOS/c1-3-4-5-6-8-7(2)12-9(11)10-8/h3-6H2,1-2H3,(H,10,11). The molecule has 0 aliphatic rings. The molecule has 68 valence electrons. The second-order valence-corrected chi connectivity index (χ2v) is 4.19. The van der Waals surface area contributed by atoms with Gasteiger partial charge in [0.25, 0.3) is 0 Å². The molecule has 0 spiro atoms. The van der Waals surface area contributed by atoms with Crippen molar-refractivity contribution in [1.82, 2.24) is 4.98 Å². The summed E-state index contributed by atoms with van der Waals surface area (Å²) in [5, 5.41) is 0. The molecule has 0 saturated heterocycles. The predicted molar refractivity (Wildman–Crippen MR) is 52.9 cm³/mol. The Morgan fingerprint density at radius 1 is 1.42 bits per heavy atom. The number of rotatable bonds is 4. The summed E-state index contributed by atoms with van der Waals surface area (Å²) in [7, 11) is 0. The van der Waals surface area contributed by atoms with Gasteiger partial charge >= 0.3 is 4.87 Å². The molecule has 0 bridgehead atoms. The van der Waals surface area contributed by atoms with Crippen molar-refractivity contribution in [3.05, 3.63) is 20.2 Å². The van der Waals surface area contributed by atoms with Gasteiger partial charge in [0.1, 0.15) is 0 Å². The molecule has 12 heavy (non-hydrogen) atoms. The number of aryl methyl sites for hydroxylation is 2. The number of unbranched alkanes of at least 4 members (excludes halogenated alkanes) is 2. The van der Waals surface area contributed by atoms with E-state index in [1.54, 1.807) is 0 Å². The van der Waals surface area contributed by atoms with E-state index < -0.39 is 0 Å². The Labute approximate surface area is 76.6 Å². The van der Waals surface area contributed by atoms with Gasteiger partial charge in [0.15, 0.2) is 0 Å². The van der Waals surface area contributed by atoms with Gasteiger partial charge in [0.2, 0.25) is 0 Å². The molecule has 1 rings (SSSR count). The van der Waals surface area contributed by atoms with Crippen LogP contribution in [0.5, 0.6) is 0 Å². The van der Waals surface area contributed by atoms with Crippen molar-refractivity contribution in [2.45, 2.75) is 39.5 Å². The Kier molecular flexibility index (Phi) is 3.53. The van der Waals surface area contributed by atoms with Crippen LogP contribution in [0, 0.1) is 6.92 Å². The minimum atomic E-state index is 0.0824. The molecule has 0 aliphatic heterocycles. The molecule has 1 aromatic heterocycles. The summed E-state index contributed by atoms with van der Waals surface area (Å²) in [5.74, 6) is 0. The fourth-order valence-electron chi connectivity index (χ4n) is 1.23. The Bertz CT molecular complexity index is 287. The number of nitrogens with one attached hydrogen (secondary N) is 1. The second-order valence-electron chi connectivity index (χ2n) is 3.01. The monoisotopic (exact) mass is 185 g/mol. The van der Waals surface area contributed by atoms with Crippen LogP contribution in [0.1, 0.15) is 36.8 Å². The van der Waals surface area contributed by atoms with Crippen LogP contribution in [0.4, 0.5) is 0 Å². The molecule has 1 heterocycles. The van der Waals surface area contributed by atoms with Crippen LogP contribution in [0.25, 0.3) is 0 Å². The van der Waals surface area contributed by atoms with Gasteiger partial charge in [-0.1, -0.05) is 31.1 Å². The Hall–Kier alpha value is -0.570.